The minimum Gasteiger partial charge on any atom is -0.399 e. The number of nitrogens with zero attached hydrogens (tertiary/aromatic N) is 2. The second kappa shape index (κ2) is 7.49. The van der Waals surface area contributed by atoms with Crippen LogP contribution >= 0.6 is 0 Å². The van der Waals surface area contributed by atoms with Gasteiger partial charge in [0.25, 0.3) is 5.91 Å². The van der Waals surface area contributed by atoms with Crippen LogP contribution in [-0.4, -0.2) is 62.5 Å². The molecule has 0 radical (unpaired) electrons. The number of methoxy groups -OCH3 is 1. The van der Waals surface area contributed by atoms with Crippen molar-refractivity contribution < 1.29 is 14.3 Å². The van der Waals surface area contributed by atoms with E-state index in [9.17, 15) is 9.59 Å². The van der Waals surface area contributed by atoms with Crippen LogP contribution in [-0.2, 0) is 9.53 Å². The maximum absolute atomic E-state index is 12.5. The summed E-state index contributed by atoms with van der Waals surface area (Å²) in [5.74, 6) is -0.474. The van der Waals surface area contributed by atoms with E-state index in [1.54, 1.807) is 32.3 Å². The largest absolute Gasteiger partial charge is 0.399 e. The average Bonchev–Trinajstić information content (AvgIpc) is 2.41. The number of nitrogen functional groups attached to an aromatic ring is 2. The van der Waals surface area contributed by atoms with Gasteiger partial charge in [-0.05, 0) is 18.2 Å². The van der Waals surface area contributed by atoms with E-state index in [2.05, 4.69) is 0 Å². The van der Waals surface area contributed by atoms with Crippen molar-refractivity contribution >= 4 is 23.2 Å². The van der Waals surface area contributed by atoms with E-state index in [1.165, 1.54) is 16.9 Å². The number of nitrogens with two attached hydrogens (primary N) is 2. The molecule has 1 aromatic rings. The summed E-state index contributed by atoms with van der Waals surface area (Å²) < 4.78 is 4.98. The number of likely N-dealkylation sites (N-methyl/N-ethyl adjacent to an activating group) is 1. The molecule has 0 heterocycles. The molecule has 21 heavy (non-hydrogen) atoms. The van der Waals surface area contributed by atoms with Gasteiger partial charge in [0.1, 0.15) is 6.54 Å². The highest BCUT2D eigenvalue weighted by Gasteiger charge is 2.20. The van der Waals surface area contributed by atoms with Gasteiger partial charge in [-0.25, -0.2) is 0 Å². The Kier molecular flexibility index (Phi) is 5.98. The summed E-state index contributed by atoms with van der Waals surface area (Å²) in [6, 6.07) is 4.65. The summed E-state index contributed by atoms with van der Waals surface area (Å²) in [7, 11) is 4.81. The standard InChI is InChI=1S/C14H22N4O3/c1-17(2)13(19)9-18(4-5-21-3)14(20)10-6-11(15)8-12(16)7-10/h6-8H,4-5,9,15-16H2,1-3H3. The lowest BCUT2D eigenvalue weighted by Crippen LogP contribution is -2.41. The predicted octanol–water partition coefficient (Wildman–Crippen LogP) is 0.0278. The monoisotopic (exact) mass is 294 g/mol. The number of amides is 2. The molecule has 116 valence electrons. The van der Waals surface area contributed by atoms with Crippen molar-refractivity contribution in [3.05, 3.63) is 23.8 Å². The second-order valence-corrected chi connectivity index (χ2v) is 4.90. The summed E-state index contributed by atoms with van der Waals surface area (Å²) in [4.78, 5) is 27.2. The topological polar surface area (TPSA) is 102 Å². The highest BCUT2D eigenvalue weighted by atomic mass is 16.5. The van der Waals surface area contributed by atoms with Crippen LogP contribution in [0.1, 0.15) is 10.4 Å². The van der Waals surface area contributed by atoms with Crippen molar-refractivity contribution in [3.8, 4) is 0 Å². The van der Waals surface area contributed by atoms with Crippen molar-refractivity contribution in [2.45, 2.75) is 0 Å². The molecule has 0 bridgehead atoms. The normalized spacial score (nSPS) is 10.2. The lowest BCUT2D eigenvalue weighted by atomic mass is 10.1. The number of carbonyl (C=O) groups excluding carboxylic acids is 2. The average molecular weight is 294 g/mol. The van der Waals surface area contributed by atoms with Gasteiger partial charge >= 0.3 is 0 Å². The Balaban J connectivity index is 2.95. The van der Waals surface area contributed by atoms with E-state index in [0.29, 0.717) is 30.1 Å². The van der Waals surface area contributed by atoms with Crippen molar-refractivity contribution in [1.82, 2.24) is 9.80 Å². The van der Waals surface area contributed by atoms with Crippen LogP contribution in [0.5, 0.6) is 0 Å². The lowest BCUT2D eigenvalue weighted by Gasteiger charge is -2.24. The first kappa shape index (κ1) is 16.8. The quantitative estimate of drug-likeness (QED) is 0.721. The third kappa shape index (κ3) is 4.96. The molecule has 0 aliphatic heterocycles. The van der Waals surface area contributed by atoms with Crippen LogP contribution in [0.3, 0.4) is 0 Å². The minimum atomic E-state index is -0.304. The summed E-state index contributed by atoms with van der Waals surface area (Å²) in [6.07, 6.45) is 0. The number of carbonyl (C=O) groups is 2. The van der Waals surface area contributed by atoms with Gasteiger partial charge in [0.05, 0.1) is 6.61 Å². The molecule has 0 aromatic heterocycles. The van der Waals surface area contributed by atoms with Crippen molar-refractivity contribution in [2.75, 3.05) is 52.4 Å². The van der Waals surface area contributed by atoms with E-state index < -0.39 is 0 Å². The Labute approximate surface area is 124 Å². The number of hydrogen-bond donors (Lipinski definition) is 2. The molecule has 1 aromatic carbocycles. The van der Waals surface area contributed by atoms with Gasteiger partial charge in [-0.1, -0.05) is 0 Å². The fourth-order valence-corrected chi connectivity index (χ4v) is 1.74. The van der Waals surface area contributed by atoms with Crippen LogP contribution in [0, 0.1) is 0 Å². The van der Waals surface area contributed by atoms with Crippen molar-refractivity contribution in [2.24, 2.45) is 0 Å². The highest BCUT2D eigenvalue weighted by molar-refractivity contribution is 5.98. The van der Waals surface area contributed by atoms with Gasteiger partial charge in [0, 0.05) is 44.7 Å². The maximum Gasteiger partial charge on any atom is 0.254 e. The molecule has 0 atom stereocenters. The predicted molar refractivity (Wildman–Crippen MR) is 81.7 cm³/mol. The zero-order valence-electron chi connectivity index (χ0n) is 12.6. The molecule has 0 spiro atoms. The van der Waals surface area contributed by atoms with Crippen molar-refractivity contribution in [3.63, 3.8) is 0 Å². The molecule has 4 N–H and O–H groups in total. The SMILES string of the molecule is COCCN(CC(=O)N(C)C)C(=O)c1cc(N)cc(N)c1. The van der Waals surface area contributed by atoms with Gasteiger partial charge < -0.3 is 26.0 Å². The Hall–Kier alpha value is -2.28. The molecule has 1 rings (SSSR count). The van der Waals surface area contributed by atoms with Gasteiger partial charge in [-0.3, -0.25) is 9.59 Å². The lowest BCUT2D eigenvalue weighted by molar-refractivity contribution is -0.129. The number of benzene rings is 1. The third-order valence-corrected chi connectivity index (χ3v) is 2.90. The zero-order chi connectivity index (χ0) is 16.0. The maximum atomic E-state index is 12.5. The number of anilines is 2. The number of ether oxygens (including phenoxy) is 1. The first-order valence-electron chi connectivity index (χ1n) is 6.49. The molecule has 0 unspecified atom stereocenters. The molecule has 7 heteroatoms. The Morgan fingerprint density at radius 3 is 2.19 bits per heavy atom. The zero-order valence-corrected chi connectivity index (χ0v) is 12.6. The number of hydrogen-bond acceptors (Lipinski definition) is 5. The number of rotatable bonds is 6. The van der Waals surface area contributed by atoms with E-state index in [0.717, 1.165) is 0 Å². The van der Waals surface area contributed by atoms with Crippen molar-refractivity contribution in [1.29, 1.82) is 0 Å². The molecule has 0 saturated carbocycles. The van der Waals surface area contributed by atoms with E-state index in [1.807, 2.05) is 0 Å². The molecule has 2 amide bonds. The fourth-order valence-electron chi connectivity index (χ4n) is 1.74. The summed E-state index contributed by atoms with van der Waals surface area (Å²) >= 11 is 0. The fraction of sp³-hybridized carbons (Fsp3) is 0.429. The Bertz CT molecular complexity index is 497. The minimum absolute atomic E-state index is 0.0239. The van der Waals surface area contributed by atoms with E-state index in [4.69, 9.17) is 16.2 Å². The van der Waals surface area contributed by atoms with Gasteiger partial charge in [0.2, 0.25) is 5.91 Å². The summed E-state index contributed by atoms with van der Waals surface area (Å²) in [6.45, 7) is 0.623. The molecular weight excluding hydrogens is 272 g/mol. The second-order valence-electron chi connectivity index (χ2n) is 4.90. The van der Waals surface area contributed by atoms with E-state index in [-0.39, 0.29) is 18.4 Å². The smallest absolute Gasteiger partial charge is 0.254 e. The molecule has 0 fully saturated rings. The molecular formula is C14H22N4O3. The summed E-state index contributed by atoms with van der Waals surface area (Å²) in [5, 5.41) is 0. The van der Waals surface area contributed by atoms with Gasteiger partial charge in [-0.15, -0.1) is 0 Å². The van der Waals surface area contributed by atoms with Crippen LogP contribution in [0.25, 0.3) is 0 Å². The third-order valence-electron chi connectivity index (χ3n) is 2.90. The van der Waals surface area contributed by atoms with Crippen LogP contribution in [0.4, 0.5) is 11.4 Å². The summed E-state index contributed by atoms with van der Waals surface area (Å²) in [5.41, 5.74) is 12.6. The van der Waals surface area contributed by atoms with Crippen LogP contribution in [0.15, 0.2) is 18.2 Å². The van der Waals surface area contributed by atoms with Gasteiger partial charge in [0.15, 0.2) is 0 Å². The van der Waals surface area contributed by atoms with Gasteiger partial charge in [-0.2, -0.15) is 0 Å². The molecule has 7 nitrogen and oxygen atoms in total. The highest BCUT2D eigenvalue weighted by Crippen LogP contribution is 2.15. The Morgan fingerprint density at radius 2 is 1.71 bits per heavy atom. The molecule has 0 aliphatic rings. The van der Waals surface area contributed by atoms with Crippen LogP contribution < -0.4 is 11.5 Å². The Morgan fingerprint density at radius 1 is 1.14 bits per heavy atom. The molecule has 0 saturated heterocycles. The van der Waals surface area contributed by atoms with Crippen LogP contribution in [0.2, 0.25) is 0 Å². The first-order valence-corrected chi connectivity index (χ1v) is 6.49. The molecule has 0 aliphatic carbocycles. The first-order chi connectivity index (χ1) is 9.85. The van der Waals surface area contributed by atoms with E-state index >= 15 is 0 Å².